The number of carboxylic acids is 1. The Hall–Kier alpha value is -1.64. The van der Waals surface area contributed by atoms with Gasteiger partial charge in [-0.25, -0.2) is 4.79 Å². The highest BCUT2D eigenvalue weighted by molar-refractivity contribution is 5.87. The van der Waals surface area contributed by atoms with Crippen molar-refractivity contribution in [2.24, 2.45) is 0 Å². The zero-order valence-corrected chi connectivity index (χ0v) is 6.36. The molecule has 1 N–H and O–H groups in total. The van der Waals surface area contributed by atoms with Crippen molar-refractivity contribution < 1.29 is 14.7 Å². The van der Waals surface area contributed by atoms with Crippen molar-refractivity contribution in [3.8, 4) is 0 Å². The summed E-state index contributed by atoms with van der Waals surface area (Å²) in [5.74, 6) is -0.951. The third-order valence-corrected chi connectivity index (χ3v) is 1.52. The number of carbonyl (C=O) groups excluding carboxylic acids is 1. The first-order chi connectivity index (χ1) is 5.74. The van der Waals surface area contributed by atoms with E-state index in [4.69, 9.17) is 5.11 Å². The Balaban J connectivity index is 2.85. The normalized spacial score (nSPS) is 9.33. The molecule has 3 heteroatoms. The molecule has 62 valence electrons. The molecule has 0 aliphatic carbocycles. The molecule has 12 heavy (non-hydrogen) atoms. The number of aromatic carboxylic acids is 1. The van der Waals surface area contributed by atoms with Crippen LogP contribution in [0.2, 0.25) is 0 Å². The minimum atomic E-state index is -0.951. The van der Waals surface area contributed by atoms with Crippen molar-refractivity contribution in [1.29, 1.82) is 0 Å². The Bertz CT molecular complexity index is 287. The summed E-state index contributed by atoms with van der Waals surface area (Å²) in [4.78, 5) is 20.5. The van der Waals surface area contributed by atoms with E-state index in [0.29, 0.717) is 6.42 Å². The molecule has 0 fully saturated rings. The fraction of sp³-hybridized carbons (Fsp3) is 0.111. The monoisotopic (exact) mass is 164 g/mol. The Morgan fingerprint density at radius 3 is 2.33 bits per heavy atom. The summed E-state index contributed by atoms with van der Waals surface area (Å²) >= 11 is 0. The van der Waals surface area contributed by atoms with Gasteiger partial charge in [0, 0.05) is 6.42 Å². The highest BCUT2D eigenvalue weighted by Crippen LogP contribution is 2.03. The van der Waals surface area contributed by atoms with E-state index < -0.39 is 5.97 Å². The fourth-order valence-electron chi connectivity index (χ4n) is 0.880. The summed E-state index contributed by atoms with van der Waals surface area (Å²) in [5, 5.41) is 8.54. The number of carboxylic acid groups (broad SMARTS) is 1. The van der Waals surface area contributed by atoms with Gasteiger partial charge in [-0.15, -0.1) is 0 Å². The summed E-state index contributed by atoms with van der Waals surface area (Å²) < 4.78 is 0. The van der Waals surface area contributed by atoms with Crippen LogP contribution in [0, 0.1) is 0 Å². The maximum Gasteiger partial charge on any atom is 0.335 e. The first-order valence-corrected chi connectivity index (χ1v) is 3.50. The molecule has 0 saturated carbocycles. The summed E-state index contributed by atoms with van der Waals surface area (Å²) in [6, 6.07) is 6.25. The molecule has 0 radical (unpaired) electrons. The van der Waals surface area contributed by atoms with Gasteiger partial charge in [-0.2, -0.15) is 0 Å². The SMILES string of the molecule is O=CCc1ccc(C(=O)O)cc1. The summed E-state index contributed by atoms with van der Waals surface area (Å²) in [7, 11) is 0. The van der Waals surface area contributed by atoms with Crippen molar-refractivity contribution in [3.63, 3.8) is 0 Å². The van der Waals surface area contributed by atoms with Crippen LogP contribution in [0.25, 0.3) is 0 Å². The van der Waals surface area contributed by atoms with Crippen LogP contribution in [0.3, 0.4) is 0 Å². The second kappa shape index (κ2) is 3.67. The number of carbonyl (C=O) groups is 2. The predicted molar refractivity (Wildman–Crippen MR) is 43.2 cm³/mol. The van der Waals surface area contributed by atoms with Gasteiger partial charge in [0.05, 0.1) is 5.56 Å². The van der Waals surface area contributed by atoms with Crippen molar-refractivity contribution in [3.05, 3.63) is 35.4 Å². The van der Waals surface area contributed by atoms with Gasteiger partial charge in [0.2, 0.25) is 0 Å². The maximum absolute atomic E-state index is 10.4. The zero-order chi connectivity index (χ0) is 8.97. The standard InChI is InChI=1S/C9H8O3/c10-6-5-7-1-3-8(4-2-7)9(11)12/h1-4,6H,5H2,(H,11,12). The van der Waals surface area contributed by atoms with E-state index in [-0.39, 0.29) is 5.56 Å². The molecule has 0 saturated heterocycles. The molecule has 0 aromatic heterocycles. The molecule has 0 amide bonds. The van der Waals surface area contributed by atoms with E-state index in [0.717, 1.165) is 11.8 Å². The van der Waals surface area contributed by atoms with Gasteiger partial charge in [-0.05, 0) is 17.7 Å². The van der Waals surface area contributed by atoms with E-state index in [9.17, 15) is 9.59 Å². The molecule has 1 aromatic rings. The van der Waals surface area contributed by atoms with Crippen molar-refractivity contribution in [2.75, 3.05) is 0 Å². The Morgan fingerprint density at radius 1 is 1.33 bits per heavy atom. The minimum absolute atomic E-state index is 0.240. The molecular formula is C9H8O3. The predicted octanol–water partition coefficient (Wildman–Crippen LogP) is 1.13. The van der Waals surface area contributed by atoms with Crippen LogP contribution < -0.4 is 0 Å². The van der Waals surface area contributed by atoms with Gasteiger partial charge < -0.3 is 9.90 Å². The van der Waals surface area contributed by atoms with Crippen molar-refractivity contribution in [2.45, 2.75) is 6.42 Å². The molecule has 0 aliphatic heterocycles. The number of hydrogen-bond acceptors (Lipinski definition) is 2. The highest BCUT2D eigenvalue weighted by Gasteiger charge is 2.00. The van der Waals surface area contributed by atoms with Crippen molar-refractivity contribution >= 4 is 12.3 Å². The number of benzene rings is 1. The van der Waals surface area contributed by atoms with E-state index >= 15 is 0 Å². The van der Waals surface area contributed by atoms with Crippen LogP contribution in [-0.2, 0) is 11.2 Å². The van der Waals surface area contributed by atoms with Crippen LogP contribution in [0.15, 0.2) is 24.3 Å². The number of rotatable bonds is 3. The average molecular weight is 164 g/mol. The minimum Gasteiger partial charge on any atom is -0.478 e. The topological polar surface area (TPSA) is 54.4 Å². The third-order valence-electron chi connectivity index (χ3n) is 1.52. The summed E-state index contributed by atoms with van der Waals surface area (Å²) in [5.41, 5.74) is 1.07. The molecular weight excluding hydrogens is 156 g/mol. The van der Waals surface area contributed by atoms with Gasteiger partial charge in [0.15, 0.2) is 0 Å². The fourth-order valence-corrected chi connectivity index (χ4v) is 0.880. The lowest BCUT2D eigenvalue weighted by Gasteiger charge is -1.95. The molecule has 1 aromatic carbocycles. The molecule has 0 aliphatic rings. The van der Waals surface area contributed by atoms with Crippen LogP contribution in [-0.4, -0.2) is 17.4 Å². The lowest BCUT2D eigenvalue weighted by molar-refractivity contribution is -0.107. The van der Waals surface area contributed by atoms with Gasteiger partial charge in [0.25, 0.3) is 0 Å². The van der Waals surface area contributed by atoms with E-state index in [1.165, 1.54) is 12.1 Å². The second-order valence-electron chi connectivity index (χ2n) is 2.37. The van der Waals surface area contributed by atoms with Gasteiger partial charge in [0.1, 0.15) is 6.29 Å². The van der Waals surface area contributed by atoms with E-state index in [1.807, 2.05) is 0 Å². The first kappa shape index (κ1) is 8.46. The molecule has 0 unspecified atom stereocenters. The zero-order valence-electron chi connectivity index (χ0n) is 6.36. The van der Waals surface area contributed by atoms with Gasteiger partial charge >= 0.3 is 5.97 Å². The molecule has 3 nitrogen and oxygen atoms in total. The lowest BCUT2D eigenvalue weighted by Crippen LogP contribution is -1.96. The number of aldehydes is 1. The van der Waals surface area contributed by atoms with Gasteiger partial charge in [-0.3, -0.25) is 0 Å². The van der Waals surface area contributed by atoms with Crippen LogP contribution in [0.4, 0.5) is 0 Å². The Labute approximate surface area is 69.6 Å². The summed E-state index contributed by atoms with van der Waals surface area (Å²) in [6.45, 7) is 0. The van der Waals surface area contributed by atoms with E-state index in [1.54, 1.807) is 12.1 Å². The summed E-state index contributed by atoms with van der Waals surface area (Å²) in [6.07, 6.45) is 1.12. The number of hydrogen-bond donors (Lipinski definition) is 1. The van der Waals surface area contributed by atoms with Gasteiger partial charge in [-0.1, -0.05) is 12.1 Å². The molecule has 0 heterocycles. The molecule has 0 bridgehead atoms. The average Bonchev–Trinajstić information content (AvgIpc) is 2.06. The highest BCUT2D eigenvalue weighted by atomic mass is 16.4. The van der Waals surface area contributed by atoms with Crippen LogP contribution in [0.5, 0.6) is 0 Å². The molecule has 0 atom stereocenters. The molecule has 1 rings (SSSR count). The maximum atomic E-state index is 10.4. The van der Waals surface area contributed by atoms with Crippen LogP contribution in [0.1, 0.15) is 15.9 Å². The third kappa shape index (κ3) is 1.92. The Morgan fingerprint density at radius 2 is 1.92 bits per heavy atom. The van der Waals surface area contributed by atoms with E-state index in [2.05, 4.69) is 0 Å². The molecule has 0 spiro atoms. The van der Waals surface area contributed by atoms with Crippen LogP contribution >= 0.6 is 0 Å². The second-order valence-corrected chi connectivity index (χ2v) is 2.37. The quantitative estimate of drug-likeness (QED) is 0.681. The van der Waals surface area contributed by atoms with Crippen molar-refractivity contribution in [1.82, 2.24) is 0 Å². The smallest absolute Gasteiger partial charge is 0.335 e. The lowest BCUT2D eigenvalue weighted by atomic mass is 10.1. The first-order valence-electron chi connectivity index (χ1n) is 3.50. The Kier molecular flexibility index (Phi) is 2.58. The largest absolute Gasteiger partial charge is 0.478 e.